The highest BCUT2D eigenvalue weighted by molar-refractivity contribution is 5.12. The lowest BCUT2D eigenvalue weighted by Gasteiger charge is -1.91. The highest BCUT2D eigenvalue weighted by Gasteiger charge is 1.83. The Balaban J connectivity index is 2.38. The van der Waals surface area contributed by atoms with Gasteiger partial charge in [-0.2, -0.15) is 0 Å². The molecule has 13 heavy (non-hydrogen) atoms. The lowest BCUT2D eigenvalue weighted by molar-refractivity contribution is 0.761. The first-order valence-corrected chi connectivity index (χ1v) is 5.13. The van der Waals surface area contributed by atoms with Crippen LogP contribution in [0.2, 0.25) is 0 Å². The van der Waals surface area contributed by atoms with Crippen molar-refractivity contribution in [1.82, 2.24) is 0 Å². The SMILES string of the molecule is C1=CC/C=C/CCCCC=C/C=C\1. The summed E-state index contributed by atoms with van der Waals surface area (Å²) in [4.78, 5) is 0. The van der Waals surface area contributed by atoms with Crippen molar-refractivity contribution in [2.75, 3.05) is 0 Å². The fraction of sp³-hybridized carbons (Fsp3) is 0.385. The molecule has 0 unspecified atom stereocenters. The van der Waals surface area contributed by atoms with E-state index in [2.05, 4.69) is 48.6 Å². The third-order valence-electron chi connectivity index (χ3n) is 2.04. The molecule has 1 aliphatic carbocycles. The van der Waals surface area contributed by atoms with Gasteiger partial charge in [0.25, 0.3) is 0 Å². The largest absolute Gasteiger partial charge is 0.0882 e. The number of allylic oxidation sites excluding steroid dienone is 8. The van der Waals surface area contributed by atoms with Gasteiger partial charge in [0.2, 0.25) is 0 Å². The van der Waals surface area contributed by atoms with Crippen LogP contribution >= 0.6 is 0 Å². The second-order valence-electron chi connectivity index (χ2n) is 3.23. The molecule has 0 aromatic rings. The average molecular weight is 174 g/mol. The molecule has 0 bridgehead atoms. The minimum absolute atomic E-state index is 1.06. The molecule has 0 saturated heterocycles. The first kappa shape index (κ1) is 10.0. The molecule has 0 nitrogen and oxygen atoms in total. The van der Waals surface area contributed by atoms with Gasteiger partial charge in [-0.15, -0.1) is 0 Å². The van der Waals surface area contributed by atoms with Crippen LogP contribution in [0.15, 0.2) is 48.6 Å². The second-order valence-corrected chi connectivity index (χ2v) is 3.23. The van der Waals surface area contributed by atoms with Crippen molar-refractivity contribution >= 4 is 0 Å². The Morgan fingerprint density at radius 3 is 2.08 bits per heavy atom. The van der Waals surface area contributed by atoms with Crippen LogP contribution in [0.4, 0.5) is 0 Å². The fourth-order valence-electron chi connectivity index (χ4n) is 1.28. The first-order chi connectivity index (χ1) is 6.50. The molecule has 0 heterocycles. The van der Waals surface area contributed by atoms with Crippen LogP contribution in [0, 0.1) is 0 Å². The van der Waals surface area contributed by atoms with Gasteiger partial charge in [0.1, 0.15) is 0 Å². The van der Waals surface area contributed by atoms with Crippen LogP contribution in [0.5, 0.6) is 0 Å². The summed E-state index contributed by atoms with van der Waals surface area (Å²) in [6.45, 7) is 0. The van der Waals surface area contributed by atoms with Gasteiger partial charge in [0.15, 0.2) is 0 Å². The maximum atomic E-state index is 2.29. The topological polar surface area (TPSA) is 0 Å². The van der Waals surface area contributed by atoms with E-state index in [1.54, 1.807) is 0 Å². The monoisotopic (exact) mass is 174 g/mol. The van der Waals surface area contributed by atoms with Crippen LogP contribution in [0.1, 0.15) is 32.1 Å². The van der Waals surface area contributed by atoms with Crippen LogP contribution < -0.4 is 0 Å². The highest BCUT2D eigenvalue weighted by Crippen LogP contribution is 2.03. The van der Waals surface area contributed by atoms with Gasteiger partial charge < -0.3 is 0 Å². The van der Waals surface area contributed by atoms with E-state index in [0.29, 0.717) is 0 Å². The van der Waals surface area contributed by atoms with Gasteiger partial charge in [0.05, 0.1) is 0 Å². The quantitative estimate of drug-likeness (QED) is 0.483. The molecule has 1 rings (SSSR count). The van der Waals surface area contributed by atoms with E-state index in [-0.39, 0.29) is 0 Å². The predicted molar refractivity (Wildman–Crippen MR) is 59.6 cm³/mol. The van der Waals surface area contributed by atoms with Crippen molar-refractivity contribution in [3.8, 4) is 0 Å². The minimum Gasteiger partial charge on any atom is -0.0882 e. The molecule has 1 aliphatic rings. The van der Waals surface area contributed by atoms with E-state index in [0.717, 1.165) is 6.42 Å². The van der Waals surface area contributed by atoms with Crippen LogP contribution in [-0.2, 0) is 0 Å². The van der Waals surface area contributed by atoms with Crippen molar-refractivity contribution in [2.24, 2.45) is 0 Å². The lowest BCUT2D eigenvalue weighted by atomic mass is 10.2. The van der Waals surface area contributed by atoms with E-state index >= 15 is 0 Å². The molecule has 0 saturated carbocycles. The molecule has 0 N–H and O–H groups in total. The fourth-order valence-corrected chi connectivity index (χ4v) is 1.28. The van der Waals surface area contributed by atoms with E-state index in [1.807, 2.05) is 0 Å². The van der Waals surface area contributed by atoms with E-state index in [1.165, 1.54) is 25.7 Å². The van der Waals surface area contributed by atoms with E-state index < -0.39 is 0 Å². The van der Waals surface area contributed by atoms with E-state index in [4.69, 9.17) is 0 Å². The highest BCUT2D eigenvalue weighted by atomic mass is 13.9. The zero-order valence-electron chi connectivity index (χ0n) is 8.15. The molecule has 70 valence electrons. The van der Waals surface area contributed by atoms with Gasteiger partial charge in [0, 0.05) is 0 Å². The Morgan fingerprint density at radius 1 is 0.538 bits per heavy atom. The third kappa shape index (κ3) is 6.15. The summed E-state index contributed by atoms with van der Waals surface area (Å²) in [6, 6.07) is 0. The van der Waals surface area contributed by atoms with Crippen molar-refractivity contribution in [3.63, 3.8) is 0 Å². The third-order valence-corrected chi connectivity index (χ3v) is 2.04. The van der Waals surface area contributed by atoms with Gasteiger partial charge in [-0.1, -0.05) is 48.6 Å². The molecule has 0 atom stereocenters. The Morgan fingerprint density at radius 2 is 1.23 bits per heavy atom. The normalized spacial score (nSPS) is 24.0. The van der Waals surface area contributed by atoms with Crippen LogP contribution in [0.3, 0.4) is 0 Å². The Hall–Kier alpha value is -1.04. The average Bonchev–Trinajstić information content (AvgIpc) is 2.18. The van der Waals surface area contributed by atoms with Gasteiger partial charge in [-0.3, -0.25) is 0 Å². The maximum absolute atomic E-state index is 2.29. The summed E-state index contributed by atoms with van der Waals surface area (Å²) in [6.07, 6.45) is 23.5. The zero-order chi connectivity index (χ0) is 9.19. The smallest absolute Gasteiger partial charge is 0.0166 e. The standard InChI is InChI=1S/C13H18/c1-2-4-6-8-10-12-13-11-9-7-5-3-1/h1-6,9,11H,7-8,10,12-13H2/b2-1-,5-3?,6-4?,11-9+. The minimum atomic E-state index is 1.06. The predicted octanol–water partition coefficient (Wildman–Crippen LogP) is 4.18. The molecule has 0 aromatic carbocycles. The van der Waals surface area contributed by atoms with Crippen molar-refractivity contribution in [2.45, 2.75) is 32.1 Å². The molecular formula is C13H18. The molecule has 0 heteroatoms. The number of rotatable bonds is 0. The van der Waals surface area contributed by atoms with E-state index in [9.17, 15) is 0 Å². The summed E-state index contributed by atoms with van der Waals surface area (Å²) in [5, 5.41) is 0. The summed E-state index contributed by atoms with van der Waals surface area (Å²) >= 11 is 0. The van der Waals surface area contributed by atoms with Crippen LogP contribution in [-0.4, -0.2) is 0 Å². The number of hydrogen-bond acceptors (Lipinski definition) is 0. The summed E-state index contributed by atoms with van der Waals surface area (Å²) in [7, 11) is 0. The zero-order valence-corrected chi connectivity index (χ0v) is 8.15. The first-order valence-electron chi connectivity index (χ1n) is 5.13. The second kappa shape index (κ2) is 7.60. The van der Waals surface area contributed by atoms with Crippen molar-refractivity contribution in [3.05, 3.63) is 48.6 Å². The van der Waals surface area contributed by atoms with Crippen molar-refractivity contribution < 1.29 is 0 Å². The molecule has 0 amide bonds. The molecule has 0 aliphatic heterocycles. The Labute approximate surface area is 81.4 Å². The van der Waals surface area contributed by atoms with Crippen molar-refractivity contribution in [1.29, 1.82) is 0 Å². The van der Waals surface area contributed by atoms with Gasteiger partial charge >= 0.3 is 0 Å². The molecule has 0 spiro atoms. The lowest BCUT2D eigenvalue weighted by Crippen LogP contribution is -1.71. The maximum Gasteiger partial charge on any atom is -0.0166 e. The van der Waals surface area contributed by atoms with Gasteiger partial charge in [-0.25, -0.2) is 0 Å². The molecule has 0 fully saturated rings. The number of hydrogen-bond donors (Lipinski definition) is 0. The molecule has 0 radical (unpaired) electrons. The Bertz CT molecular complexity index is 216. The van der Waals surface area contributed by atoms with Crippen LogP contribution in [0.25, 0.3) is 0 Å². The molecular weight excluding hydrogens is 156 g/mol. The molecule has 0 aromatic heterocycles. The summed E-state index contributed by atoms with van der Waals surface area (Å²) in [5.74, 6) is 0. The summed E-state index contributed by atoms with van der Waals surface area (Å²) < 4.78 is 0. The summed E-state index contributed by atoms with van der Waals surface area (Å²) in [5.41, 5.74) is 0. The Kier molecular flexibility index (Phi) is 5.87. The van der Waals surface area contributed by atoms with Gasteiger partial charge in [-0.05, 0) is 32.1 Å².